The monoisotopic (exact) mass is 346 g/mol. The number of aromatic nitrogens is 2. The van der Waals surface area contributed by atoms with Crippen LogP contribution in [-0.2, 0) is 0 Å². The molecule has 1 heterocycles. The van der Waals surface area contributed by atoms with Gasteiger partial charge in [0, 0.05) is 17.2 Å². The van der Waals surface area contributed by atoms with E-state index >= 15 is 0 Å². The summed E-state index contributed by atoms with van der Waals surface area (Å²) in [5.41, 5.74) is 0.797. The maximum absolute atomic E-state index is 6.02. The normalized spacial score (nSPS) is 10.2. The van der Waals surface area contributed by atoms with Gasteiger partial charge < -0.3 is 10.6 Å². The second-order valence-corrected chi connectivity index (χ2v) is 5.06. The van der Waals surface area contributed by atoms with Crippen LogP contribution in [0.15, 0.2) is 28.9 Å². The van der Waals surface area contributed by atoms with E-state index in [4.69, 9.17) is 23.2 Å². The third-order valence-electron chi connectivity index (χ3n) is 2.15. The number of nitrogens with one attached hydrogen (secondary N) is 2. The second kappa shape index (κ2) is 5.73. The van der Waals surface area contributed by atoms with Crippen LogP contribution in [0, 0.1) is 0 Å². The molecule has 18 heavy (non-hydrogen) atoms. The summed E-state index contributed by atoms with van der Waals surface area (Å²) in [6, 6.07) is 5.50. The SMILES string of the molecule is CNc1ncc(Cl)c(Nc2ccc(Br)c(Cl)c2)n1. The quantitative estimate of drug-likeness (QED) is 0.867. The highest BCUT2D eigenvalue weighted by atomic mass is 79.9. The summed E-state index contributed by atoms with van der Waals surface area (Å²) in [7, 11) is 1.74. The van der Waals surface area contributed by atoms with Crippen LogP contribution in [0.2, 0.25) is 10.0 Å². The fraction of sp³-hybridized carbons (Fsp3) is 0.0909. The number of hydrogen-bond donors (Lipinski definition) is 2. The zero-order valence-corrected chi connectivity index (χ0v) is 12.4. The minimum Gasteiger partial charge on any atom is -0.357 e. The van der Waals surface area contributed by atoms with Gasteiger partial charge in [-0.3, -0.25) is 0 Å². The first kappa shape index (κ1) is 13.4. The maximum Gasteiger partial charge on any atom is 0.224 e. The van der Waals surface area contributed by atoms with Gasteiger partial charge in [0.15, 0.2) is 5.82 Å². The third kappa shape index (κ3) is 3.04. The molecule has 0 unspecified atom stereocenters. The van der Waals surface area contributed by atoms with Gasteiger partial charge in [-0.15, -0.1) is 0 Å². The van der Waals surface area contributed by atoms with E-state index in [0.29, 0.717) is 21.8 Å². The Morgan fingerprint density at radius 1 is 1.22 bits per heavy atom. The van der Waals surface area contributed by atoms with Crippen LogP contribution >= 0.6 is 39.1 Å². The first-order valence-electron chi connectivity index (χ1n) is 5.02. The van der Waals surface area contributed by atoms with Crippen molar-refractivity contribution in [2.75, 3.05) is 17.7 Å². The Kier molecular flexibility index (Phi) is 4.27. The van der Waals surface area contributed by atoms with Crippen LogP contribution in [0.25, 0.3) is 0 Å². The van der Waals surface area contributed by atoms with Crippen molar-refractivity contribution in [2.45, 2.75) is 0 Å². The molecule has 94 valence electrons. The van der Waals surface area contributed by atoms with Crippen LogP contribution in [0.1, 0.15) is 0 Å². The fourth-order valence-corrected chi connectivity index (χ4v) is 1.85. The molecule has 0 aliphatic heterocycles. The zero-order valence-electron chi connectivity index (χ0n) is 9.34. The first-order chi connectivity index (χ1) is 8.60. The molecule has 7 heteroatoms. The van der Waals surface area contributed by atoms with Crippen molar-refractivity contribution in [3.63, 3.8) is 0 Å². The van der Waals surface area contributed by atoms with Gasteiger partial charge in [0.05, 0.1) is 11.2 Å². The van der Waals surface area contributed by atoms with Crippen molar-refractivity contribution < 1.29 is 0 Å². The van der Waals surface area contributed by atoms with Crippen molar-refractivity contribution in [1.29, 1.82) is 0 Å². The average molecular weight is 348 g/mol. The lowest BCUT2D eigenvalue weighted by molar-refractivity contribution is 1.15. The van der Waals surface area contributed by atoms with Crippen molar-refractivity contribution in [2.24, 2.45) is 0 Å². The number of benzene rings is 1. The molecule has 2 rings (SSSR count). The highest BCUT2D eigenvalue weighted by Gasteiger charge is 2.06. The fourth-order valence-electron chi connectivity index (χ4n) is 1.29. The summed E-state index contributed by atoms with van der Waals surface area (Å²) >= 11 is 15.4. The third-order valence-corrected chi connectivity index (χ3v) is 3.66. The van der Waals surface area contributed by atoms with Gasteiger partial charge in [-0.25, -0.2) is 4.98 Å². The summed E-state index contributed by atoms with van der Waals surface area (Å²) in [6.45, 7) is 0. The number of hydrogen-bond acceptors (Lipinski definition) is 4. The van der Waals surface area contributed by atoms with Crippen LogP contribution in [0.5, 0.6) is 0 Å². The molecule has 0 amide bonds. The molecule has 0 radical (unpaired) electrons. The Labute approximate surface area is 123 Å². The lowest BCUT2D eigenvalue weighted by Gasteiger charge is -2.09. The molecule has 0 fully saturated rings. The molecular formula is C11H9BrCl2N4. The Balaban J connectivity index is 2.30. The molecule has 0 aliphatic carbocycles. The molecule has 0 spiro atoms. The predicted octanol–water partition coefficient (Wildman–Crippen LogP) is 4.33. The molecule has 4 nitrogen and oxygen atoms in total. The van der Waals surface area contributed by atoms with Crippen molar-refractivity contribution in [3.05, 3.63) is 38.9 Å². The van der Waals surface area contributed by atoms with E-state index in [1.807, 2.05) is 12.1 Å². The summed E-state index contributed by atoms with van der Waals surface area (Å²) in [5.74, 6) is 1.01. The minimum atomic E-state index is 0.438. The molecule has 0 atom stereocenters. The van der Waals surface area contributed by atoms with Gasteiger partial charge in [0.25, 0.3) is 0 Å². The second-order valence-electron chi connectivity index (χ2n) is 3.39. The Hall–Kier alpha value is -1.04. The van der Waals surface area contributed by atoms with Crippen LogP contribution in [-0.4, -0.2) is 17.0 Å². The van der Waals surface area contributed by atoms with Crippen LogP contribution < -0.4 is 10.6 Å². The van der Waals surface area contributed by atoms with Crippen molar-refractivity contribution in [3.8, 4) is 0 Å². The van der Waals surface area contributed by atoms with Gasteiger partial charge in [-0.05, 0) is 34.1 Å². The Bertz CT molecular complexity index is 577. The van der Waals surface area contributed by atoms with Gasteiger partial charge in [0.2, 0.25) is 5.95 Å². The highest BCUT2D eigenvalue weighted by Crippen LogP contribution is 2.29. The number of nitrogens with zero attached hydrogens (tertiary/aromatic N) is 2. The largest absolute Gasteiger partial charge is 0.357 e. The summed E-state index contributed by atoms with van der Waals surface area (Å²) < 4.78 is 0.833. The van der Waals surface area contributed by atoms with E-state index in [1.165, 1.54) is 6.20 Å². The molecule has 2 aromatic rings. The molecule has 0 saturated carbocycles. The predicted molar refractivity (Wildman–Crippen MR) is 79.0 cm³/mol. The maximum atomic E-state index is 6.02. The number of rotatable bonds is 3. The lowest BCUT2D eigenvalue weighted by atomic mass is 10.3. The van der Waals surface area contributed by atoms with E-state index in [-0.39, 0.29) is 0 Å². The van der Waals surface area contributed by atoms with Gasteiger partial charge in [-0.1, -0.05) is 23.2 Å². The molecule has 0 aliphatic rings. The molecule has 1 aromatic carbocycles. The van der Waals surface area contributed by atoms with Crippen molar-refractivity contribution >= 4 is 56.6 Å². The molecule has 0 bridgehead atoms. The van der Waals surface area contributed by atoms with Gasteiger partial charge >= 0.3 is 0 Å². The molecule has 1 aromatic heterocycles. The lowest BCUT2D eigenvalue weighted by Crippen LogP contribution is -2.01. The number of halogens is 3. The molecule has 2 N–H and O–H groups in total. The van der Waals surface area contributed by atoms with Crippen molar-refractivity contribution in [1.82, 2.24) is 9.97 Å². The van der Waals surface area contributed by atoms with Gasteiger partial charge in [0.1, 0.15) is 5.02 Å². The summed E-state index contributed by atoms with van der Waals surface area (Å²) in [6.07, 6.45) is 1.53. The Morgan fingerprint density at radius 2 is 2.00 bits per heavy atom. The topological polar surface area (TPSA) is 49.8 Å². The van der Waals surface area contributed by atoms with Crippen LogP contribution in [0.4, 0.5) is 17.5 Å². The van der Waals surface area contributed by atoms with Gasteiger partial charge in [-0.2, -0.15) is 4.98 Å². The van der Waals surface area contributed by atoms with E-state index in [2.05, 4.69) is 36.5 Å². The van der Waals surface area contributed by atoms with Crippen LogP contribution in [0.3, 0.4) is 0 Å². The van der Waals surface area contributed by atoms with E-state index in [0.717, 1.165) is 10.2 Å². The summed E-state index contributed by atoms with van der Waals surface area (Å²) in [5, 5.41) is 6.98. The Morgan fingerprint density at radius 3 is 2.67 bits per heavy atom. The molecule has 0 saturated heterocycles. The highest BCUT2D eigenvalue weighted by molar-refractivity contribution is 9.10. The molecular weight excluding hydrogens is 339 g/mol. The van der Waals surface area contributed by atoms with E-state index in [1.54, 1.807) is 13.1 Å². The average Bonchev–Trinajstić information content (AvgIpc) is 2.36. The van der Waals surface area contributed by atoms with E-state index in [9.17, 15) is 0 Å². The standard InChI is InChI=1S/C11H9BrCl2N4/c1-15-11-16-5-9(14)10(18-11)17-6-2-3-7(12)8(13)4-6/h2-5H,1H3,(H2,15,16,17,18). The smallest absolute Gasteiger partial charge is 0.224 e. The number of anilines is 3. The summed E-state index contributed by atoms with van der Waals surface area (Å²) in [4.78, 5) is 8.22. The first-order valence-corrected chi connectivity index (χ1v) is 6.57. The minimum absolute atomic E-state index is 0.438. The zero-order chi connectivity index (χ0) is 13.1. The van der Waals surface area contributed by atoms with E-state index < -0.39 is 0 Å².